The summed E-state index contributed by atoms with van der Waals surface area (Å²) in [6.45, 7) is 4.25. The van der Waals surface area contributed by atoms with Crippen LogP contribution in [0.2, 0.25) is 0 Å². The minimum Gasteiger partial charge on any atom is -0.465 e. The molecule has 1 aromatic heterocycles. The van der Waals surface area contributed by atoms with Crippen LogP contribution in [-0.4, -0.2) is 46.3 Å². The van der Waals surface area contributed by atoms with Gasteiger partial charge in [0.25, 0.3) is 5.56 Å². The lowest BCUT2D eigenvalue weighted by Gasteiger charge is -2.25. The second kappa shape index (κ2) is 9.72. The molecular formula is C23H25N3O4S. The van der Waals surface area contributed by atoms with Gasteiger partial charge in [0.05, 0.1) is 37.0 Å². The first kappa shape index (κ1) is 22.5. The fraction of sp³-hybridized carbons (Fsp3) is 0.261. The number of carbonyl (C=O) groups excluding carboxylic acids is 1. The van der Waals surface area contributed by atoms with Crippen molar-refractivity contribution in [2.24, 2.45) is 0 Å². The Morgan fingerprint density at radius 3 is 2.68 bits per heavy atom. The van der Waals surface area contributed by atoms with Gasteiger partial charge in [-0.25, -0.2) is 4.79 Å². The van der Waals surface area contributed by atoms with Crippen molar-refractivity contribution in [2.45, 2.75) is 20.4 Å². The summed E-state index contributed by atoms with van der Waals surface area (Å²) >= 11 is 5.52. The molecule has 0 fully saturated rings. The minimum atomic E-state index is -0.490. The number of aromatic nitrogens is 1. The Bertz CT molecular complexity index is 1190. The zero-order chi connectivity index (χ0) is 22.5. The highest BCUT2D eigenvalue weighted by molar-refractivity contribution is 7.80. The molecule has 0 spiro atoms. The SMILES string of the molecule is COC(=O)c1ccccc1NC(=S)N(CCO)Cc1cc2ccc(C)c(C)c2[nH]c1=O. The number of carbonyl (C=O) groups is 1. The molecule has 7 nitrogen and oxygen atoms in total. The number of H-pyrrole nitrogens is 1. The average Bonchev–Trinajstić information content (AvgIpc) is 2.77. The van der Waals surface area contributed by atoms with Crippen LogP contribution in [0.3, 0.4) is 0 Å². The number of thiocarbonyl (C=S) groups is 1. The summed E-state index contributed by atoms with van der Waals surface area (Å²) < 4.78 is 4.82. The number of para-hydroxylation sites is 1. The molecular weight excluding hydrogens is 414 g/mol. The molecule has 3 N–H and O–H groups in total. The maximum absolute atomic E-state index is 12.7. The van der Waals surface area contributed by atoms with E-state index < -0.39 is 5.97 Å². The lowest BCUT2D eigenvalue weighted by atomic mass is 10.0. The van der Waals surface area contributed by atoms with Crippen molar-refractivity contribution < 1.29 is 14.6 Å². The van der Waals surface area contributed by atoms with Crippen molar-refractivity contribution >= 4 is 39.9 Å². The fourth-order valence-electron chi connectivity index (χ4n) is 3.34. The monoisotopic (exact) mass is 439 g/mol. The van der Waals surface area contributed by atoms with Gasteiger partial charge in [0.2, 0.25) is 0 Å². The van der Waals surface area contributed by atoms with Crippen molar-refractivity contribution in [3.05, 3.63) is 75.1 Å². The Balaban J connectivity index is 1.89. The molecule has 8 heteroatoms. The number of esters is 1. The highest BCUT2D eigenvalue weighted by atomic mass is 32.1. The molecule has 162 valence electrons. The van der Waals surface area contributed by atoms with Crippen LogP contribution in [0, 0.1) is 13.8 Å². The summed E-state index contributed by atoms with van der Waals surface area (Å²) in [4.78, 5) is 29.4. The van der Waals surface area contributed by atoms with Crippen molar-refractivity contribution in [1.82, 2.24) is 9.88 Å². The third kappa shape index (κ3) is 4.92. The molecule has 0 bridgehead atoms. The first-order chi connectivity index (χ1) is 14.8. The lowest BCUT2D eigenvalue weighted by molar-refractivity contribution is 0.0602. The number of pyridine rings is 1. The van der Waals surface area contributed by atoms with E-state index in [0.717, 1.165) is 22.0 Å². The van der Waals surface area contributed by atoms with Gasteiger partial charge in [-0.05, 0) is 60.8 Å². The van der Waals surface area contributed by atoms with Crippen LogP contribution in [0.4, 0.5) is 5.69 Å². The summed E-state index contributed by atoms with van der Waals surface area (Å²) in [5.74, 6) is -0.490. The van der Waals surface area contributed by atoms with E-state index in [0.29, 0.717) is 16.8 Å². The van der Waals surface area contributed by atoms with Gasteiger partial charge in [0.15, 0.2) is 5.11 Å². The van der Waals surface area contributed by atoms with E-state index in [1.165, 1.54) is 7.11 Å². The van der Waals surface area contributed by atoms with E-state index in [1.807, 2.05) is 32.0 Å². The standard InChI is InChI=1S/C23H25N3O4S/c1-14-8-9-16-12-17(21(28)25-20(16)15(14)2)13-26(10-11-27)23(31)24-19-7-5-4-6-18(19)22(29)30-3/h4-9,12,27H,10-11,13H2,1-3H3,(H,24,31)(H,25,28). The van der Waals surface area contributed by atoms with Crippen LogP contribution < -0.4 is 10.9 Å². The van der Waals surface area contributed by atoms with Gasteiger partial charge >= 0.3 is 5.97 Å². The minimum absolute atomic E-state index is 0.149. The number of aliphatic hydroxyl groups is 1. The number of hydrogen-bond donors (Lipinski definition) is 3. The number of ether oxygens (including phenoxy) is 1. The zero-order valence-corrected chi connectivity index (χ0v) is 18.5. The largest absolute Gasteiger partial charge is 0.465 e. The molecule has 2 aromatic carbocycles. The van der Waals surface area contributed by atoms with Crippen molar-refractivity contribution in [3.63, 3.8) is 0 Å². The molecule has 0 aliphatic carbocycles. The maximum Gasteiger partial charge on any atom is 0.339 e. The van der Waals surface area contributed by atoms with E-state index in [2.05, 4.69) is 10.3 Å². The summed E-state index contributed by atoms with van der Waals surface area (Å²) in [5, 5.41) is 13.8. The molecule has 0 saturated carbocycles. The number of rotatable bonds is 6. The van der Waals surface area contributed by atoms with Gasteiger partial charge in [-0.1, -0.05) is 24.3 Å². The molecule has 0 atom stereocenters. The van der Waals surface area contributed by atoms with E-state index in [9.17, 15) is 14.7 Å². The van der Waals surface area contributed by atoms with Crippen LogP contribution in [0.1, 0.15) is 27.0 Å². The second-order valence-electron chi connectivity index (χ2n) is 7.21. The molecule has 3 rings (SSSR count). The Labute approximate surface area is 185 Å². The van der Waals surface area contributed by atoms with E-state index in [4.69, 9.17) is 17.0 Å². The summed E-state index contributed by atoms with van der Waals surface area (Å²) in [6, 6.07) is 12.7. The average molecular weight is 440 g/mol. The summed E-state index contributed by atoms with van der Waals surface area (Å²) in [7, 11) is 1.31. The molecule has 0 saturated heterocycles. The van der Waals surface area contributed by atoms with Gasteiger partial charge in [0.1, 0.15) is 0 Å². The third-order valence-electron chi connectivity index (χ3n) is 5.22. The third-order valence-corrected chi connectivity index (χ3v) is 5.58. The number of anilines is 1. The normalized spacial score (nSPS) is 10.7. The number of hydrogen-bond acceptors (Lipinski definition) is 5. The topological polar surface area (TPSA) is 94.7 Å². The quantitative estimate of drug-likeness (QED) is 0.401. The first-order valence-corrected chi connectivity index (χ1v) is 10.2. The molecule has 31 heavy (non-hydrogen) atoms. The molecule has 0 amide bonds. The Morgan fingerprint density at radius 1 is 1.23 bits per heavy atom. The number of benzene rings is 2. The van der Waals surface area contributed by atoms with Crippen molar-refractivity contribution in [2.75, 3.05) is 25.6 Å². The summed E-state index contributed by atoms with van der Waals surface area (Å²) in [5.41, 5.74) is 4.09. The first-order valence-electron chi connectivity index (χ1n) is 9.82. The maximum atomic E-state index is 12.7. The number of aromatic amines is 1. The van der Waals surface area contributed by atoms with Crippen LogP contribution in [0.25, 0.3) is 10.9 Å². The van der Waals surface area contributed by atoms with Gasteiger partial charge in [0, 0.05) is 12.1 Å². The van der Waals surface area contributed by atoms with Crippen LogP contribution in [-0.2, 0) is 11.3 Å². The van der Waals surface area contributed by atoms with Gasteiger partial charge < -0.3 is 25.0 Å². The van der Waals surface area contributed by atoms with E-state index >= 15 is 0 Å². The molecule has 0 radical (unpaired) electrons. The van der Waals surface area contributed by atoms with Crippen LogP contribution in [0.5, 0.6) is 0 Å². The highest BCUT2D eigenvalue weighted by Crippen LogP contribution is 2.20. The van der Waals surface area contributed by atoms with Crippen molar-refractivity contribution in [1.29, 1.82) is 0 Å². The Morgan fingerprint density at radius 2 is 1.97 bits per heavy atom. The second-order valence-corrected chi connectivity index (χ2v) is 7.59. The molecule has 1 heterocycles. The number of nitrogens with one attached hydrogen (secondary N) is 2. The van der Waals surface area contributed by atoms with Crippen molar-refractivity contribution in [3.8, 4) is 0 Å². The predicted molar refractivity (Wildman–Crippen MR) is 126 cm³/mol. The number of methoxy groups -OCH3 is 1. The number of aryl methyl sites for hydroxylation is 2. The van der Waals surface area contributed by atoms with Gasteiger partial charge in [-0.2, -0.15) is 0 Å². The lowest BCUT2D eigenvalue weighted by Crippen LogP contribution is -2.38. The fourth-order valence-corrected chi connectivity index (χ4v) is 3.61. The van der Waals surface area contributed by atoms with Crippen LogP contribution in [0.15, 0.2) is 47.3 Å². The number of nitrogens with zero attached hydrogens (tertiary/aromatic N) is 1. The van der Waals surface area contributed by atoms with Gasteiger partial charge in [-0.15, -0.1) is 0 Å². The smallest absolute Gasteiger partial charge is 0.339 e. The summed E-state index contributed by atoms with van der Waals surface area (Å²) in [6.07, 6.45) is 0. The molecule has 0 aliphatic heterocycles. The number of aliphatic hydroxyl groups excluding tert-OH is 1. The highest BCUT2D eigenvalue weighted by Gasteiger charge is 2.17. The number of fused-ring (bicyclic) bond motifs is 1. The van der Waals surface area contributed by atoms with E-state index in [-0.39, 0.29) is 30.4 Å². The Hall–Kier alpha value is -3.23. The van der Waals surface area contributed by atoms with Crippen LogP contribution >= 0.6 is 12.2 Å². The predicted octanol–water partition coefficient (Wildman–Crippen LogP) is 3.12. The molecule has 0 aliphatic rings. The molecule has 0 unspecified atom stereocenters. The Kier molecular flexibility index (Phi) is 7.04. The van der Waals surface area contributed by atoms with E-state index in [1.54, 1.807) is 29.2 Å². The zero-order valence-electron chi connectivity index (χ0n) is 17.7. The molecule has 3 aromatic rings. The van der Waals surface area contributed by atoms with Gasteiger partial charge in [-0.3, -0.25) is 4.79 Å².